The summed E-state index contributed by atoms with van der Waals surface area (Å²) in [7, 11) is 3.05. The molecule has 4 nitrogen and oxygen atoms in total. The van der Waals surface area contributed by atoms with Crippen LogP contribution in [0, 0.1) is 9.39 Å². The second-order valence-electron chi connectivity index (χ2n) is 4.61. The number of hydrogen-bond donors (Lipinski definition) is 1. The molecule has 0 unspecified atom stereocenters. The highest BCUT2D eigenvalue weighted by atomic mass is 127. The Labute approximate surface area is 155 Å². The number of ether oxygens (including phenoxy) is 2. The summed E-state index contributed by atoms with van der Waals surface area (Å²) in [6.45, 7) is 0.210. The molecule has 0 saturated carbocycles. The van der Waals surface area contributed by atoms with Gasteiger partial charge < -0.3 is 14.8 Å². The van der Waals surface area contributed by atoms with Crippen molar-refractivity contribution in [1.82, 2.24) is 5.32 Å². The predicted molar refractivity (Wildman–Crippen MR) is 97.5 cm³/mol. The number of amides is 1. The molecule has 0 aliphatic carbocycles. The lowest BCUT2D eigenvalue weighted by atomic mass is 10.1. The van der Waals surface area contributed by atoms with Gasteiger partial charge in [0.15, 0.2) is 11.5 Å². The molecule has 0 fully saturated rings. The molecule has 2 aromatic rings. The van der Waals surface area contributed by atoms with Crippen LogP contribution in [0.3, 0.4) is 0 Å². The number of carbonyl (C=O) groups excluding carboxylic acids is 1. The van der Waals surface area contributed by atoms with E-state index in [-0.39, 0.29) is 18.3 Å². The molecule has 0 saturated heterocycles. The summed E-state index contributed by atoms with van der Waals surface area (Å²) in [4.78, 5) is 12.4. The normalized spacial score (nSPS) is 10.3. The maximum atomic E-state index is 13.3. The zero-order chi connectivity index (χ0) is 17.0. The predicted octanol–water partition coefficient (Wildman–Crippen LogP) is 4.14. The Hall–Kier alpha value is -1.35. The van der Waals surface area contributed by atoms with E-state index in [1.54, 1.807) is 18.2 Å². The minimum absolute atomic E-state index is 0.210. The van der Waals surface area contributed by atoms with Crippen molar-refractivity contribution in [1.29, 1.82) is 0 Å². The molecule has 0 aromatic heterocycles. The average molecular weight is 494 g/mol. The summed E-state index contributed by atoms with van der Waals surface area (Å²) in [5.74, 6) is 0.413. The number of rotatable bonds is 5. The number of nitrogens with one attached hydrogen (secondary N) is 1. The van der Waals surface area contributed by atoms with Gasteiger partial charge in [-0.1, -0.05) is 15.9 Å². The number of hydrogen-bond acceptors (Lipinski definition) is 3. The smallest absolute Gasteiger partial charge is 0.252 e. The summed E-state index contributed by atoms with van der Waals surface area (Å²) in [6.07, 6.45) is 0. The van der Waals surface area contributed by atoms with Crippen LogP contribution in [0.2, 0.25) is 0 Å². The van der Waals surface area contributed by atoms with E-state index in [1.165, 1.54) is 26.4 Å². The van der Waals surface area contributed by atoms with Crippen molar-refractivity contribution in [2.24, 2.45) is 0 Å². The Morgan fingerprint density at radius 1 is 1.22 bits per heavy atom. The Kier molecular flexibility index (Phi) is 6.23. The first-order valence-electron chi connectivity index (χ1n) is 6.60. The summed E-state index contributed by atoms with van der Waals surface area (Å²) in [5.41, 5.74) is 1.13. The van der Waals surface area contributed by atoms with Crippen molar-refractivity contribution in [3.63, 3.8) is 0 Å². The number of methoxy groups -OCH3 is 2. The van der Waals surface area contributed by atoms with Crippen LogP contribution in [-0.4, -0.2) is 20.1 Å². The lowest BCUT2D eigenvalue weighted by Crippen LogP contribution is -2.24. The van der Waals surface area contributed by atoms with E-state index in [9.17, 15) is 9.18 Å². The van der Waals surface area contributed by atoms with Crippen LogP contribution in [0.25, 0.3) is 0 Å². The molecule has 0 atom stereocenters. The molecular weight excluding hydrogens is 480 g/mol. The van der Waals surface area contributed by atoms with Gasteiger partial charge in [-0.2, -0.15) is 0 Å². The van der Waals surface area contributed by atoms with Crippen LogP contribution in [0.4, 0.5) is 4.39 Å². The van der Waals surface area contributed by atoms with Crippen molar-refractivity contribution in [2.75, 3.05) is 14.2 Å². The van der Waals surface area contributed by atoms with Crippen LogP contribution in [0.5, 0.6) is 11.5 Å². The molecule has 7 heteroatoms. The third kappa shape index (κ3) is 4.35. The topological polar surface area (TPSA) is 47.6 Å². The van der Waals surface area contributed by atoms with Crippen molar-refractivity contribution in [3.8, 4) is 11.5 Å². The van der Waals surface area contributed by atoms with Gasteiger partial charge in [0.25, 0.3) is 5.91 Å². The van der Waals surface area contributed by atoms with Crippen LogP contribution in [0.15, 0.2) is 34.8 Å². The Morgan fingerprint density at radius 2 is 1.87 bits per heavy atom. The van der Waals surface area contributed by atoms with Gasteiger partial charge in [-0.3, -0.25) is 4.79 Å². The van der Waals surface area contributed by atoms with Gasteiger partial charge in [0.1, 0.15) is 5.82 Å². The van der Waals surface area contributed by atoms with E-state index < -0.39 is 0 Å². The van der Waals surface area contributed by atoms with E-state index in [4.69, 9.17) is 9.47 Å². The van der Waals surface area contributed by atoms with E-state index >= 15 is 0 Å². The maximum Gasteiger partial charge on any atom is 0.252 e. The van der Waals surface area contributed by atoms with Crippen LogP contribution < -0.4 is 14.8 Å². The Bertz CT molecular complexity index is 740. The molecule has 0 aliphatic rings. The van der Waals surface area contributed by atoms with Gasteiger partial charge >= 0.3 is 0 Å². The summed E-state index contributed by atoms with van der Waals surface area (Å²) in [6, 6.07) is 7.69. The minimum atomic E-state index is -0.349. The molecule has 23 heavy (non-hydrogen) atoms. The lowest BCUT2D eigenvalue weighted by molar-refractivity contribution is 0.0949. The van der Waals surface area contributed by atoms with Gasteiger partial charge in [0.2, 0.25) is 0 Å². The minimum Gasteiger partial charge on any atom is -0.493 e. The molecule has 0 bridgehead atoms. The fourth-order valence-electron chi connectivity index (χ4n) is 1.98. The summed E-state index contributed by atoms with van der Waals surface area (Å²) < 4.78 is 25.2. The van der Waals surface area contributed by atoms with E-state index in [0.29, 0.717) is 22.6 Å². The van der Waals surface area contributed by atoms with E-state index in [2.05, 4.69) is 43.8 Å². The molecule has 122 valence electrons. The van der Waals surface area contributed by atoms with Crippen LogP contribution >= 0.6 is 38.5 Å². The van der Waals surface area contributed by atoms with Gasteiger partial charge in [0.05, 0.1) is 19.8 Å². The highest BCUT2D eigenvalue weighted by Gasteiger charge is 2.15. The monoisotopic (exact) mass is 493 g/mol. The average Bonchev–Trinajstić information content (AvgIpc) is 2.55. The number of carbonyl (C=O) groups is 1. The summed E-state index contributed by atoms with van der Waals surface area (Å²) in [5, 5.41) is 2.78. The first-order valence-corrected chi connectivity index (χ1v) is 8.47. The standard InChI is InChI=1S/C16H14BrFINO3/c1-22-14-6-11(13(19)7-15(14)23-2)16(21)20-8-9-5-10(18)3-4-12(9)17/h3-7H,8H2,1-2H3,(H,20,21). The second kappa shape index (κ2) is 7.96. The van der Waals surface area contributed by atoms with E-state index in [0.717, 1.165) is 8.04 Å². The highest BCUT2D eigenvalue weighted by Crippen LogP contribution is 2.31. The fraction of sp³-hybridized carbons (Fsp3) is 0.188. The fourth-order valence-corrected chi connectivity index (χ4v) is 3.05. The van der Waals surface area contributed by atoms with Crippen LogP contribution in [0.1, 0.15) is 15.9 Å². The van der Waals surface area contributed by atoms with Gasteiger partial charge in [-0.25, -0.2) is 4.39 Å². The van der Waals surface area contributed by atoms with E-state index in [1.807, 2.05) is 0 Å². The molecule has 1 amide bonds. The highest BCUT2D eigenvalue weighted by molar-refractivity contribution is 14.1. The van der Waals surface area contributed by atoms with Gasteiger partial charge in [-0.15, -0.1) is 0 Å². The van der Waals surface area contributed by atoms with Gasteiger partial charge in [-0.05, 0) is 58.5 Å². The molecule has 0 radical (unpaired) electrons. The van der Waals surface area contributed by atoms with Crippen molar-refractivity contribution >= 4 is 44.4 Å². The SMILES string of the molecule is COc1cc(I)c(C(=O)NCc2cc(F)ccc2Br)cc1OC. The molecule has 1 N–H and O–H groups in total. The first kappa shape index (κ1) is 18.0. The van der Waals surface area contributed by atoms with Gasteiger partial charge in [0, 0.05) is 14.6 Å². The maximum absolute atomic E-state index is 13.3. The van der Waals surface area contributed by atoms with Crippen molar-refractivity contribution in [2.45, 2.75) is 6.54 Å². The molecular formula is C16H14BrFINO3. The molecule has 2 rings (SSSR count). The summed E-state index contributed by atoms with van der Waals surface area (Å²) >= 11 is 5.40. The largest absolute Gasteiger partial charge is 0.493 e. The first-order chi connectivity index (χ1) is 11.0. The molecule has 0 aliphatic heterocycles. The zero-order valence-corrected chi connectivity index (χ0v) is 16.2. The number of halogens is 3. The zero-order valence-electron chi connectivity index (χ0n) is 12.5. The number of benzene rings is 2. The van der Waals surface area contributed by atoms with Crippen molar-refractivity contribution in [3.05, 3.63) is 55.3 Å². The Morgan fingerprint density at radius 3 is 2.52 bits per heavy atom. The quantitative estimate of drug-likeness (QED) is 0.637. The second-order valence-corrected chi connectivity index (χ2v) is 6.62. The van der Waals surface area contributed by atoms with Crippen LogP contribution in [-0.2, 0) is 6.54 Å². The molecule has 0 spiro atoms. The lowest BCUT2D eigenvalue weighted by Gasteiger charge is -2.12. The third-order valence-electron chi connectivity index (χ3n) is 3.17. The van der Waals surface area contributed by atoms with Crippen molar-refractivity contribution < 1.29 is 18.7 Å². The molecule has 0 heterocycles. The molecule has 2 aromatic carbocycles. The Balaban J connectivity index is 2.19. The third-order valence-corrected chi connectivity index (χ3v) is 4.83.